The van der Waals surface area contributed by atoms with E-state index in [0.717, 1.165) is 26.2 Å². The number of likely N-dealkylation sites (N-methyl/N-ethyl adjacent to an activating group) is 1. The van der Waals surface area contributed by atoms with Crippen molar-refractivity contribution in [3.8, 4) is 0 Å². The maximum absolute atomic E-state index is 5.90. The highest BCUT2D eigenvalue weighted by Crippen LogP contribution is 2.17. The maximum Gasteiger partial charge on any atom is 0.0352 e. The third-order valence-electron chi connectivity index (χ3n) is 3.61. The van der Waals surface area contributed by atoms with Crippen molar-refractivity contribution in [2.45, 2.75) is 25.6 Å². The molecule has 0 aliphatic carbocycles. The second-order valence-electron chi connectivity index (χ2n) is 5.12. The van der Waals surface area contributed by atoms with Crippen LogP contribution >= 0.6 is 0 Å². The monoisotopic (exact) mass is 233 g/mol. The Bertz CT molecular complexity index is 339. The molecule has 0 bridgehead atoms. The minimum Gasteiger partial charge on any atom is -0.329 e. The normalized spacial score (nSPS) is 27.2. The van der Waals surface area contributed by atoms with Crippen LogP contribution in [0.2, 0.25) is 0 Å². The van der Waals surface area contributed by atoms with Gasteiger partial charge in [-0.15, -0.1) is 0 Å². The zero-order chi connectivity index (χ0) is 12.3. The van der Waals surface area contributed by atoms with Crippen molar-refractivity contribution in [2.75, 3.05) is 26.7 Å². The Labute approximate surface area is 104 Å². The van der Waals surface area contributed by atoms with Crippen molar-refractivity contribution >= 4 is 0 Å². The topological polar surface area (TPSA) is 32.5 Å². The first kappa shape index (κ1) is 12.6. The van der Waals surface area contributed by atoms with Crippen LogP contribution in [0.4, 0.5) is 0 Å². The van der Waals surface area contributed by atoms with E-state index in [-0.39, 0.29) is 0 Å². The molecule has 3 heteroatoms. The van der Waals surface area contributed by atoms with Gasteiger partial charge in [-0.05, 0) is 19.5 Å². The second-order valence-corrected chi connectivity index (χ2v) is 5.12. The summed E-state index contributed by atoms with van der Waals surface area (Å²) in [5, 5.41) is 0. The van der Waals surface area contributed by atoms with Crippen molar-refractivity contribution in [1.29, 1.82) is 0 Å². The standard InChI is InChI=1S/C14H23N3/c1-12-9-16(2)11-14(8-15)17(12)10-13-6-4-3-5-7-13/h3-7,12,14H,8-11,15H2,1-2H3. The predicted molar refractivity (Wildman–Crippen MR) is 71.8 cm³/mol. The largest absolute Gasteiger partial charge is 0.329 e. The molecule has 1 aromatic carbocycles. The van der Waals surface area contributed by atoms with Gasteiger partial charge in [0.1, 0.15) is 0 Å². The molecule has 1 heterocycles. The molecule has 0 radical (unpaired) electrons. The highest BCUT2D eigenvalue weighted by Gasteiger charge is 2.29. The number of rotatable bonds is 3. The zero-order valence-corrected chi connectivity index (χ0v) is 10.8. The third-order valence-corrected chi connectivity index (χ3v) is 3.61. The third kappa shape index (κ3) is 3.06. The number of benzene rings is 1. The van der Waals surface area contributed by atoms with E-state index < -0.39 is 0 Å². The van der Waals surface area contributed by atoms with Crippen molar-refractivity contribution in [2.24, 2.45) is 5.73 Å². The number of hydrogen-bond donors (Lipinski definition) is 1. The molecule has 1 aliphatic heterocycles. The molecule has 0 spiro atoms. The van der Waals surface area contributed by atoms with Crippen LogP contribution in [0.15, 0.2) is 30.3 Å². The number of hydrogen-bond acceptors (Lipinski definition) is 3. The fourth-order valence-electron chi connectivity index (χ4n) is 2.74. The molecule has 1 aliphatic rings. The SMILES string of the molecule is CC1CN(C)CC(CN)N1Cc1ccccc1. The summed E-state index contributed by atoms with van der Waals surface area (Å²) < 4.78 is 0. The Morgan fingerprint density at radius 2 is 1.94 bits per heavy atom. The van der Waals surface area contributed by atoms with Gasteiger partial charge >= 0.3 is 0 Å². The van der Waals surface area contributed by atoms with E-state index in [1.54, 1.807) is 0 Å². The quantitative estimate of drug-likeness (QED) is 0.850. The summed E-state index contributed by atoms with van der Waals surface area (Å²) in [5.74, 6) is 0. The van der Waals surface area contributed by atoms with Gasteiger partial charge in [-0.25, -0.2) is 0 Å². The second kappa shape index (κ2) is 5.63. The van der Waals surface area contributed by atoms with Crippen molar-refractivity contribution in [1.82, 2.24) is 9.80 Å². The van der Waals surface area contributed by atoms with Crippen LogP contribution in [0.1, 0.15) is 12.5 Å². The van der Waals surface area contributed by atoms with E-state index >= 15 is 0 Å². The lowest BCUT2D eigenvalue weighted by Crippen LogP contribution is -2.58. The predicted octanol–water partition coefficient (Wildman–Crippen LogP) is 1.15. The highest BCUT2D eigenvalue weighted by atomic mass is 15.3. The lowest BCUT2D eigenvalue weighted by atomic mass is 10.1. The number of nitrogens with two attached hydrogens (primary N) is 1. The molecule has 94 valence electrons. The van der Waals surface area contributed by atoms with Gasteiger partial charge in [0.25, 0.3) is 0 Å². The Kier molecular flexibility index (Phi) is 4.15. The molecular formula is C14H23N3. The number of piperazine rings is 1. The van der Waals surface area contributed by atoms with Crippen LogP contribution in [0.3, 0.4) is 0 Å². The molecule has 1 saturated heterocycles. The first-order chi connectivity index (χ1) is 8.20. The molecule has 1 aromatic rings. The Hall–Kier alpha value is -0.900. The average Bonchev–Trinajstić information content (AvgIpc) is 2.33. The summed E-state index contributed by atoms with van der Waals surface area (Å²) >= 11 is 0. The first-order valence-corrected chi connectivity index (χ1v) is 6.39. The Balaban J connectivity index is 2.07. The van der Waals surface area contributed by atoms with Crippen LogP contribution in [0.25, 0.3) is 0 Å². The van der Waals surface area contributed by atoms with Crippen molar-refractivity contribution < 1.29 is 0 Å². The molecular weight excluding hydrogens is 210 g/mol. The summed E-state index contributed by atoms with van der Waals surface area (Å²) in [6, 6.07) is 11.7. The first-order valence-electron chi connectivity index (χ1n) is 6.39. The van der Waals surface area contributed by atoms with E-state index in [1.807, 2.05) is 0 Å². The summed E-state index contributed by atoms with van der Waals surface area (Å²) in [6.45, 7) is 6.25. The summed E-state index contributed by atoms with van der Waals surface area (Å²) in [5.41, 5.74) is 7.28. The van der Waals surface area contributed by atoms with Gasteiger partial charge in [-0.3, -0.25) is 4.90 Å². The molecule has 0 aromatic heterocycles. The Morgan fingerprint density at radius 1 is 1.24 bits per heavy atom. The molecule has 2 unspecified atom stereocenters. The van der Waals surface area contributed by atoms with Gasteiger partial charge in [0.15, 0.2) is 0 Å². The van der Waals surface area contributed by atoms with Crippen LogP contribution in [-0.4, -0.2) is 48.6 Å². The molecule has 2 rings (SSSR count). The van der Waals surface area contributed by atoms with Crippen LogP contribution in [-0.2, 0) is 6.54 Å². The van der Waals surface area contributed by atoms with Gasteiger partial charge in [-0.1, -0.05) is 30.3 Å². The van der Waals surface area contributed by atoms with Gasteiger partial charge in [-0.2, -0.15) is 0 Å². The van der Waals surface area contributed by atoms with Crippen molar-refractivity contribution in [3.63, 3.8) is 0 Å². The average molecular weight is 233 g/mol. The zero-order valence-electron chi connectivity index (χ0n) is 10.8. The van der Waals surface area contributed by atoms with Crippen LogP contribution < -0.4 is 5.73 Å². The van der Waals surface area contributed by atoms with E-state index in [1.165, 1.54) is 5.56 Å². The molecule has 1 fully saturated rings. The Morgan fingerprint density at radius 3 is 2.59 bits per heavy atom. The fraction of sp³-hybridized carbons (Fsp3) is 0.571. The van der Waals surface area contributed by atoms with Gasteiger partial charge in [0.2, 0.25) is 0 Å². The van der Waals surface area contributed by atoms with Crippen LogP contribution in [0, 0.1) is 0 Å². The smallest absolute Gasteiger partial charge is 0.0352 e. The summed E-state index contributed by atoms with van der Waals surface area (Å²) in [6.07, 6.45) is 0. The molecule has 2 atom stereocenters. The van der Waals surface area contributed by atoms with Crippen molar-refractivity contribution in [3.05, 3.63) is 35.9 Å². The van der Waals surface area contributed by atoms with Gasteiger partial charge in [0, 0.05) is 38.3 Å². The molecule has 0 saturated carbocycles. The van der Waals surface area contributed by atoms with E-state index in [9.17, 15) is 0 Å². The number of nitrogens with zero attached hydrogens (tertiary/aromatic N) is 2. The fourth-order valence-corrected chi connectivity index (χ4v) is 2.74. The molecule has 17 heavy (non-hydrogen) atoms. The summed E-state index contributed by atoms with van der Waals surface area (Å²) in [7, 11) is 2.18. The molecule has 2 N–H and O–H groups in total. The summed E-state index contributed by atoms with van der Waals surface area (Å²) in [4.78, 5) is 4.92. The van der Waals surface area contributed by atoms with E-state index in [0.29, 0.717) is 12.1 Å². The highest BCUT2D eigenvalue weighted by molar-refractivity contribution is 5.15. The van der Waals surface area contributed by atoms with Gasteiger partial charge < -0.3 is 10.6 Å². The minimum absolute atomic E-state index is 0.476. The lowest BCUT2D eigenvalue weighted by molar-refractivity contribution is 0.0411. The lowest BCUT2D eigenvalue weighted by Gasteiger charge is -2.44. The van der Waals surface area contributed by atoms with E-state index in [4.69, 9.17) is 5.73 Å². The molecule has 0 amide bonds. The van der Waals surface area contributed by atoms with Gasteiger partial charge in [0.05, 0.1) is 0 Å². The van der Waals surface area contributed by atoms with Crippen LogP contribution in [0.5, 0.6) is 0 Å². The van der Waals surface area contributed by atoms with E-state index in [2.05, 4.69) is 54.1 Å². The minimum atomic E-state index is 0.476. The molecule has 3 nitrogen and oxygen atoms in total. The maximum atomic E-state index is 5.90.